The second-order valence-electron chi connectivity index (χ2n) is 5.16. The van der Waals surface area contributed by atoms with Crippen molar-refractivity contribution in [3.05, 3.63) is 53.3 Å². The largest absolute Gasteiger partial charge is 0.378 e. The molecule has 1 amide bonds. The molecule has 6 heteroatoms. The van der Waals surface area contributed by atoms with Crippen LogP contribution in [-0.2, 0) is 11.2 Å². The normalized spacial score (nSPS) is 14.8. The minimum atomic E-state index is -0.478. The number of amides is 1. The fourth-order valence-electron chi connectivity index (χ4n) is 2.67. The monoisotopic (exact) mass is 298 g/mol. The van der Waals surface area contributed by atoms with Gasteiger partial charge >= 0.3 is 0 Å². The first-order valence-corrected chi connectivity index (χ1v) is 7.26. The standard InChI is InChI=1S/C16H18N4O2/c17-16(21)13-5-6-18-19-14(13)11-12-3-1-2-4-15(12)20-7-9-22-10-8-20/h1-6H,7-11H2,(H2,17,21). The molecule has 0 bridgehead atoms. The summed E-state index contributed by atoms with van der Waals surface area (Å²) in [5, 5.41) is 7.96. The summed E-state index contributed by atoms with van der Waals surface area (Å²) in [6, 6.07) is 9.74. The second kappa shape index (κ2) is 6.53. The molecule has 1 saturated heterocycles. The number of nitrogens with two attached hydrogens (primary N) is 1. The van der Waals surface area contributed by atoms with Gasteiger partial charge in [0.2, 0.25) is 0 Å². The first kappa shape index (κ1) is 14.5. The third-order valence-corrected chi connectivity index (χ3v) is 3.76. The smallest absolute Gasteiger partial charge is 0.250 e. The van der Waals surface area contributed by atoms with E-state index in [9.17, 15) is 4.79 Å². The molecule has 1 aromatic heterocycles. The van der Waals surface area contributed by atoms with Gasteiger partial charge in [0, 0.05) is 25.2 Å². The van der Waals surface area contributed by atoms with Crippen LogP contribution in [0.5, 0.6) is 0 Å². The Morgan fingerprint density at radius 1 is 1.23 bits per heavy atom. The number of para-hydroxylation sites is 1. The van der Waals surface area contributed by atoms with Gasteiger partial charge in [-0.2, -0.15) is 10.2 Å². The number of carbonyl (C=O) groups is 1. The highest BCUT2D eigenvalue weighted by Gasteiger charge is 2.17. The number of ether oxygens (including phenoxy) is 1. The van der Waals surface area contributed by atoms with Gasteiger partial charge in [-0.1, -0.05) is 18.2 Å². The Morgan fingerprint density at radius 3 is 2.77 bits per heavy atom. The van der Waals surface area contributed by atoms with E-state index in [4.69, 9.17) is 10.5 Å². The van der Waals surface area contributed by atoms with E-state index in [1.54, 1.807) is 6.07 Å². The van der Waals surface area contributed by atoms with Crippen molar-refractivity contribution >= 4 is 11.6 Å². The first-order chi connectivity index (χ1) is 10.8. The van der Waals surface area contributed by atoms with Gasteiger partial charge in [0.1, 0.15) is 0 Å². The molecule has 3 rings (SSSR count). The Balaban J connectivity index is 1.91. The Bertz CT molecular complexity index is 669. The average Bonchev–Trinajstić information content (AvgIpc) is 2.56. The van der Waals surface area contributed by atoms with Gasteiger partial charge in [-0.25, -0.2) is 0 Å². The number of anilines is 1. The van der Waals surface area contributed by atoms with Crippen molar-refractivity contribution in [1.29, 1.82) is 0 Å². The van der Waals surface area contributed by atoms with Crippen molar-refractivity contribution in [1.82, 2.24) is 10.2 Å². The fraction of sp³-hybridized carbons (Fsp3) is 0.312. The van der Waals surface area contributed by atoms with Crippen LogP contribution in [0.15, 0.2) is 36.5 Å². The molecule has 1 aliphatic rings. The molecule has 0 spiro atoms. The molecular weight excluding hydrogens is 280 g/mol. The summed E-state index contributed by atoms with van der Waals surface area (Å²) in [5.41, 5.74) is 8.69. The molecule has 0 saturated carbocycles. The Hall–Kier alpha value is -2.47. The lowest BCUT2D eigenvalue weighted by Crippen LogP contribution is -2.36. The minimum Gasteiger partial charge on any atom is -0.378 e. The number of nitrogens with zero attached hydrogens (tertiary/aromatic N) is 3. The van der Waals surface area contributed by atoms with Crippen LogP contribution in [-0.4, -0.2) is 42.4 Å². The number of benzene rings is 1. The number of carbonyl (C=O) groups excluding carboxylic acids is 1. The zero-order chi connectivity index (χ0) is 15.4. The van der Waals surface area contributed by atoms with E-state index in [0.717, 1.165) is 37.6 Å². The van der Waals surface area contributed by atoms with Crippen LogP contribution in [0.25, 0.3) is 0 Å². The number of hydrogen-bond donors (Lipinski definition) is 1. The molecule has 2 heterocycles. The predicted molar refractivity (Wildman–Crippen MR) is 82.8 cm³/mol. The molecule has 2 aromatic rings. The first-order valence-electron chi connectivity index (χ1n) is 7.26. The quantitative estimate of drug-likeness (QED) is 0.911. The van der Waals surface area contributed by atoms with E-state index in [1.807, 2.05) is 18.2 Å². The van der Waals surface area contributed by atoms with E-state index in [-0.39, 0.29) is 0 Å². The predicted octanol–water partition coefficient (Wildman–Crippen LogP) is 1.00. The Labute approximate surface area is 128 Å². The number of morpholine rings is 1. The van der Waals surface area contributed by atoms with E-state index in [1.165, 1.54) is 6.20 Å². The van der Waals surface area contributed by atoms with Crippen LogP contribution < -0.4 is 10.6 Å². The van der Waals surface area contributed by atoms with E-state index in [0.29, 0.717) is 17.7 Å². The number of primary amides is 1. The lowest BCUT2D eigenvalue weighted by Gasteiger charge is -2.30. The molecule has 2 N–H and O–H groups in total. The maximum absolute atomic E-state index is 11.5. The molecule has 0 unspecified atom stereocenters. The maximum atomic E-state index is 11.5. The van der Waals surface area contributed by atoms with E-state index < -0.39 is 5.91 Å². The third kappa shape index (κ3) is 3.07. The van der Waals surface area contributed by atoms with Crippen molar-refractivity contribution in [3.8, 4) is 0 Å². The van der Waals surface area contributed by atoms with Gasteiger partial charge in [0.05, 0.1) is 30.7 Å². The van der Waals surface area contributed by atoms with Gasteiger partial charge in [-0.05, 0) is 17.7 Å². The number of aromatic nitrogens is 2. The van der Waals surface area contributed by atoms with Gasteiger partial charge in [0.25, 0.3) is 5.91 Å². The SMILES string of the molecule is NC(=O)c1ccnnc1Cc1ccccc1N1CCOCC1. The Morgan fingerprint density at radius 2 is 2.00 bits per heavy atom. The zero-order valence-electron chi connectivity index (χ0n) is 12.2. The summed E-state index contributed by atoms with van der Waals surface area (Å²) in [6.45, 7) is 3.18. The van der Waals surface area contributed by atoms with Gasteiger partial charge in [-0.3, -0.25) is 4.79 Å². The highest BCUT2D eigenvalue weighted by molar-refractivity contribution is 5.93. The third-order valence-electron chi connectivity index (χ3n) is 3.76. The van der Waals surface area contributed by atoms with Crippen molar-refractivity contribution in [2.24, 2.45) is 5.73 Å². The van der Waals surface area contributed by atoms with Crippen LogP contribution in [0.3, 0.4) is 0 Å². The summed E-state index contributed by atoms with van der Waals surface area (Å²) in [7, 11) is 0. The summed E-state index contributed by atoms with van der Waals surface area (Å²) >= 11 is 0. The maximum Gasteiger partial charge on any atom is 0.250 e. The van der Waals surface area contributed by atoms with Crippen LogP contribution in [0.4, 0.5) is 5.69 Å². The van der Waals surface area contributed by atoms with Crippen LogP contribution in [0, 0.1) is 0 Å². The lowest BCUT2D eigenvalue weighted by atomic mass is 10.0. The summed E-state index contributed by atoms with van der Waals surface area (Å²) in [4.78, 5) is 13.8. The number of hydrogen-bond acceptors (Lipinski definition) is 5. The fourth-order valence-corrected chi connectivity index (χ4v) is 2.67. The molecule has 0 atom stereocenters. The van der Waals surface area contributed by atoms with E-state index in [2.05, 4.69) is 21.2 Å². The zero-order valence-corrected chi connectivity index (χ0v) is 12.2. The molecule has 114 valence electrons. The van der Waals surface area contributed by atoms with Crippen LogP contribution in [0.2, 0.25) is 0 Å². The molecule has 22 heavy (non-hydrogen) atoms. The summed E-state index contributed by atoms with van der Waals surface area (Å²) in [5.74, 6) is -0.478. The van der Waals surface area contributed by atoms with Crippen LogP contribution in [0.1, 0.15) is 21.6 Å². The van der Waals surface area contributed by atoms with Gasteiger partial charge in [-0.15, -0.1) is 0 Å². The Kier molecular flexibility index (Phi) is 4.29. The summed E-state index contributed by atoms with van der Waals surface area (Å²) in [6.07, 6.45) is 2.01. The molecule has 1 fully saturated rings. The summed E-state index contributed by atoms with van der Waals surface area (Å²) < 4.78 is 5.40. The van der Waals surface area contributed by atoms with Crippen molar-refractivity contribution in [2.75, 3.05) is 31.2 Å². The van der Waals surface area contributed by atoms with Crippen molar-refractivity contribution in [3.63, 3.8) is 0 Å². The highest BCUT2D eigenvalue weighted by atomic mass is 16.5. The molecule has 0 aliphatic carbocycles. The molecule has 6 nitrogen and oxygen atoms in total. The highest BCUT2D eigenvalue weighted by Crippen LogP contribution is 2.24. The van der Waals surface area contributed by atoms with Crippen molar-refractivity contribution < 1.29 is 9.53 Å². The molecule has 1 aromatic carbocycles. The van der Waals surface area contributed by atoms with Crippen molar-refractivity contribution in [2.45, 2.75) is 6.42 Å². The minimum absolute atomic E-state index is 0.423. The number of rotatable bonds is 4. The topological polar surface area (TPSA) is 81.3 Å². The molecule has 0 radical (unpaired) electrons. The van der Waals surface area contributed by atoms with Gasteiger partial charge in [0.15, 0.2) is 0 Å². The van der Waals surface area contributed by atoms with E-state index >= 15 is 0 Å². The second-order valence-corrected chi connectivity index (χ2v) is 5.16. The molecule has 1 aliphatic heterocycles. The van der Waals surface area contributed by atoms with Crippen LogP contribution >= 0.6 is 0 Å². The molecular formula is C16H18N4O2. The average molecular weight is 298 g/mol. The van der Waals surface area contributed by atoms with Gasteiger partial charge < -0.3 is 15.4 Å². The lowest BCUT2D eigenvalue weighted by molar-refractivity contribution is 0.0999.